The summed E-state index contributed by atoms with van der Waals surface area (Å²) in [4.78, 5) is 12.4. The van der Waals surface area contributed by atoms with Crippen LogP contribution in [0.3, 0.4) is 0 Å². The molecule has 4 heteroatoms. The summed E-state index contributed by atoms with van der Waals surface area (Å²) in [5.41, 5.74) is 5.64. The van der Waals surface area contributed by atoms with Crippen molar-refractivity contribution in [2.24, 2.45) is 5.92 Å². The highest BCUT2D eigenvalue weighted by atomic mass is 16.7. The summed E-state index contributed by atoms with van der Waals surface area (Å²) in [5.74, 6) is 1.65. The fourth-order valence-corrected chi connectivity index (χ4v) is 4.63. The number of hydrogen-bond acceptors (Lipinski definition) is 4. The third-order valence-corrected chi connectivity index (χ3v) is 6.16. The van der Waals surface area contributed by atoms with Gasteiger partial charge in [0.2, 0.25) is 5.79 Å². The Hall–Kier alpha value is -2.19. The predicted octanol–water partition coefficient (Wildman–Crippen LogP) is 5.62. The molecule has 0 amide bonds. The Morgan fingerprint density at radius 3 is 2.75 bits per heavy atom. The van der Waals surface area contributed by atoms with Crippen LogP contribution in [0.5, 0.6) is 0 Å². The van der Waals surface area contributed by atoms with Gasteiger partial charge in [0.05, 0.1) is 18.8 Å². The number of ketones is 1. The lowest BCUT2D eigenvalue weighted by atomic mass is 9.79. The molecule has 4 nitrogen and oxygen atoms in total. The molecule has 2 aliphatic heterocycles. The van der Waals surface area contributed by atoms with Crippen molar-refractivity contribution in [1.82, 2.24) is 0 Å². The van der Waals surface area contributed by atoms with Crippen molar-refractivity contribution >= 4 is 5.78 Å². The van der Waals surface area contributed by atoms with Crippen LogP contribution in [0.4, 0.5) is 0 Å². The summed E-state index contributed by atoms with van der Waals surface area (Å²) >= 11 is 0. The van der Waals surface area contributed by atoms with Gasteiger partial charge in [0.15, 0.2) is 5.78 Å². The van der Waals surface area contributed by atoms with Crippen LogP contribution in [-0.4, -0.2) is 37.0 Å². The zero-order valence-electron chi connectivity index (χ0n) is 20.1. The van der Waals surface area contributed by atoms with E-state index in [1.165, 1.54) is 16.7 Å². The molecule has 4 atom stereocenters. The molecule has 1 aliphatic carbocycles. The van der Waals surface area contributed by atoms with E-state index < -0.39 is 5.79 Å². The normalized spacial score (nSPS) is 30.1. The number of ether oxygens (including phenoxy) is 3. The van der Waals surface area contributed by atoms with Gasteiger partial charge in [-0.1, -0.05) is 34.8 Å². The van der Waals surface area contributed by atoms with Gasteiger partial charge in [0.1, 0.15) is 6.61 Å². The average molecular weight is 437 g/mol. The Kier molecular flexibility index (Phi) is 8.11. The first kappa shape index (κ1) is 24.5. The van der Waals surface area contributed by atoms with Gasteiger partial charge >= 0.3 is 0 Å². The number of carbonyl (C=O) groups excluding carboxylic acids is 1. The minimum atomic E-state index is -0.961. The van der Waals surface area contributed by atoms with Crippen molar-refractivity contribution in [2.45, 2.75) is 78.3 Å². The van der Waals surface area contributed by atoms with Crippen LogP contribution in [0.2, 0.25) is 0 Å². The molecule has 0 aromatic heterocycles. The molecule has 0 saturated heterocycles. The molecule has 0 saturated carbocycles. The zero-order valence-corrected chi connectivity index (χ0v) is 20.1. The van der Waals surface area contributed by atoms with E-state index in [1.807, 2.05) is 19.1 Å². The van der Waals surface area contributed by atoms with Crippen molar-refractivity contribution in [1.29, 1.82) is 0 Å². The Balaban J connectivity index is 1.86. The van der Waals surface area contributed by atoms with E-state index in [-0.39, 0.29) is 30.5 Å². The van der Waals surface area contributed by atoms with Crippen molar-refractivity contribution < 1.29 is 19.0 Å². The van der Waals surface area contributed by atoms with Crippen LogP contribution >= 0.6 is 0 Å². The van der Waals surface area contributed by atoms with Gasteiger partial charge in [-0.05, 0) is 83.3 Å². The van der Waals surface area contributed by atoms with E-state index >= 15 is 0 Å². The predicted molar refractivity (Wildman–Crippen MR) is 128 cm³/mol. The molecule has 32 heavy (non-hydrogen) atoms. The summed E-state index contributed by atoms with van der Waals surface area (Å²) in [7, 11) is 0. The van der Waals surface area contributed by atoms with Crippen LogP contribution in [-0.2, 0) is 19.0 Å². The van der Waals surface area contributed by atoms with Gasteiger partial charge in [-0.3, -0.25) is 4.79 Å². The second kappa shape index (κ2) is 10.6. The molecule has 2 heterocycles. The maximum atomic E-state index is 12.4. The van der Waals surface area contributed by atoms with Crippen molar-refractivity contribution in [3.63, 3.8) is 0 Å². The van der Waals surface area contributed by atoms with Crippen LogP contribution in [0, 0.1) is 18.3 Å². The highest BCUT2D eigenvalue weighted by Gasteiger charge is 2.45. The van der Waals surface area contributed by atoms with E-state index in [9.17, 15) is 4.79 Å². The Bertz CT molecular complexity index is 920. The molecule has 0 radical (unpaired) electrons. The van der Waals surface area contributed by atoms with Crippen molar-refractivity contribution in [3.8, 4) is 12.3 Å². The second-order valence-corrected chi connectivity index (χ2v) is 9.49. The quantitative estimate of drug-likeness (QED) is 0.295. The molecule has 1 spiro atoms. The first-order valence-corrected chi connectivity index (χ1v) is 11.5. The summed E-state index contributed by atoms with van der Waals surface area (Å²) in [6.45, 7) is 11.0. The van der Waals surface area contributed by atoms with Crippen LogP contribution in [0.1, 0.15) is 60.3 Å². The maximum absolute atomic E-state index is 12.4. The Morgan fingerprint density at radius 1 is 1.25 bits per heavy atom. The second-order valence-electron chi connectivity index (χ2n) is 9.49. The standard InChI is InChI=1S/C28H36O4/c1-7-11-30-18-23-17-28(32-27-14-22(6)26(29)15-25(23)27)16-21(5)13-24(31-28)12-20(4)10-8-9-19(2)3/h1,9,12,14,16-17,24-25,27H,8,10-11,13,15,18H2,2-6H3/b20-12+/t24-,25-,27-,28+/m1/s1. The smallest absolute Gasteiger partial charge is 0.209 e. The molecule has 172 valence electrons. The fraction of sp³-hybridized carbons (Fsp3) is 0.536. The van der Waals surface area contributed by atoms with Crippen LogP contribution in [0.25, 0.3) is 0 Å². The molecular weight excluding hydrogens is 400 g/mol. The molecule has 3 rings (SSSR count). The SMILES string of the molecule is C#CCOCC1=C[C@]2(C=C(C)C[C@@H](/C=C(\C)CCC=C(C)C)O2)O[C@@H]2C=C(C)C(=O)C[C@H]12. The number of carbonyl (C=O) groups is 1. The number of terminal acetylenes is 1. The zero-order chi connectivity index (χ0) is 23.3. The Labute approximate surface area is 193 Å². The number of Topliss-reactive ketones (excluding diaryl/α,β-unsaturated/α-hetero) is 1. The van der Waals surface area contributed by atoms with E-state index in [1.54, 1.807) is 0 Å². The summed E-state index contributed by atoms with van der Waals surface area (Å²) in [6, 6.07) is 0. The first-order valence-electron chi connectivity index (χ1n) is 11.5. The molecule has 0 bridgehead atoms. The lowest BCUT2D eigenvalue weighted by molar-refractivity contribution is -0.225. The van der Waals surface area contributed by atoms with E-state index in [0.29, 0.717) is 13.0 Å². The topological polar surface area (TPSA) is 44.8 Å². The summed E-state index contributed by atoms with van der Waals surface area (Å²) in [5, 5.41) is 0. The number of rotatable bonds is 7. The van der Waals surface area contributed by atoms with Crippen LogP contribution < -0.4 is 0 Å². The molecular formula is C28H36O4. The third-order valence-electron chi connectivity index (χ3n) is 6.16. The highest BCUT2D eigenvalue weighted by Crippen LogP contribution is 2.42. The number of hydrogen-bond donors (Lipinski definition) is 0. The highest BCUT2D eigenvalue weighted by molar-refractivity contribution is 5.96. The van der Waals surface area contributed by atoms with Gasteiger partial charge in [-0.2, -0.15) is 0 Å². The van der Waals surface area contributed by atoms with E-state index in [0.717, 1.165) is 30.4 Å². The first-order chi connectivity index (χ1) is 15.2. The minimum Gasteiger partial charge on any atom is -0.364 e. The summed E-state index contributed by atoms with van der Waals surface area (Å²) < 4.78 is 18.7. The molecule has 0 N–H and O–H groups in total. The molecule has 3 aliphatic rings. The minimum absolute atomic E-state index is 0.0476. The maximum Gasteiger partial charge on any atom is 0.209 e. The lowest BCUT2D eigenvalue weighted by Crippen LogP contribution is -2.49. The van der Waals surface area contributed by atoms with E-state index in [4.69, 9.17) is 20.6 Å². The summed E-state index contributed by atoms with van der Waals surface area (Å²) in [6.07, 6.45) is 18.9. The lowest BCUT2D eigenvalue weighted by Gasteiger charge is -2.45. The molecule has 0 fully saturated rings. The Morgan fingerprint density at radius 2 is 2.03 bits per heavy atom. The fourth-order valence-electron chi connectivity index (χ4n) is 4.63. The largest absolute Gasteiger partial charge is 0.364 e. The molecule has 0 aromatic carbocycles. The van der Waals surface area contributed by atoms with Gasteiger partial charge in [0, 0.05) is 12.3 Å². The molecule has 0 unspecified atom stereocenters. The van der Waals surface area contributed by atoms with Crippen molar-refractivity contribution in [2.75, 3.05) is 13.2 Å². The van der Waals surface area contributed by atoms with Gasteiger partial charge < -0.3 is 14.2 Å². The van der Waals surface area contributed by atoms with Crippen LogP contribution in [0.15, 0.2) is 58.2 Å². The van der Waals surface area contributed by atoms with Crippen molar-refractivity contribution in [3.05, 3.63) is 58.2 Å². The molecule has 0 aromatic rings. The van der Waals surface area contributed by atoms with Gasteiger partial charge in [0.25, 0.3) is 0 Å². The van der Waals surface area contributed by atoms with Gasteiger partial charge in [-0.25, -0.2) is 0 Å². The third kappa shape index (κ3) is 6.19. The monoisotopic (exact) mass is 436 g/mol. The number of fused-ring (bicyclic) bond motifs is 1. The van der Waals surface area contributed by atoms with Gasteiger partial charge in [-0.15, -0.1) is 6.42 Å². The average Bonchev–Trinajstić information content (AvgIpc) is 2.68. The van der Waals surface area contributed by atoms with E-state index in [2.05, 4.69) is 51.8 Å². The number of allylic oxidation sites excluding steroid dienone is 4.